The SMILES string of the molecule is Cc1ccc(S(=O)(=O)N(CC(=O)N(Cc2ccc(Br)cc2)[C@H](C)C(=O)NC(C)C)c2ccc(C)c(C)c2)cc1. The highest BCUT2D eigenvalue weighted by molar-refractivity contribution is 9.10. The summed E-state index contributed by atoms with van der Waals surface area (Å²) in [6, 6.07) is 18.4. The van der Waals surface area contributed by atoms with Crippen LogP contribution in [0.2, 0.25) is 0 Å². The number of amides is 2. The lowest BCUT2D eigenvalue weighted by Crippen LogP contribution is -2.52. The Kier molecular flexibility index (Phi) is 9.96. The van der Waals surface area contributed by atoms with Crippen molar-refractivity contribution in [1.29, 1.82) is 0 Å². The lowest BCUT2D eigenvalue weighted by molar-refractivity contribution is -0.139. The summed E-state index contributed by atoms with van der Waals surface area (Å²) in [6.45, 7) is 10.8. The topological polar surface area (TPSA) is 86.8 Å². The second-order valence-corrected chi connectivity index (χ2v) is 12.9. The van der Waals surface area contributed by atoms with Crippen LogP contribution < -0.4 is 9.62 Å². The van der Waals surface area contributed by atoms with Crippen molar-refractivity contribution in [1.82, 2.24) is 10.2 Å². The largest absolute Gasteiger partial charge is 0.352 e. The van der Waals surface area contributed by atoms with Crippen LogP contribution in [0.15, 0.2) is 76.1 Å². The molecule has 3 aromatic carbocycles. The van der Waals surface area contributed by atoms with E-state index < -0.39 is 28.5 Å². The van der Waals surface area contributed by atoms with E-state index in [4.69, 9.17) is 0 Å². The van der Waals surface area contributed by atoms with Crippen molar-refractivity contribution in [2.24, 2.45) is 0 Å². The summed E-state index contributed by atoms with van der Waals surface area (Å²) >= 11 is 3.42. The van der Waals surface area contributed by atoms with E-state index in [2.05, 4.69) is 21.2 Å². The number of carbonyl (C=O) groups is 2. The number of rotatable bonds is 10. The summed E-state index contributed by atoms with van der Waals surface area (Å²) in [4.78, 5) is 28.4. The van der Waals surface area contributed by atoms with Crippen LogP contribution in [0.1, 0.15) is 43.0 Å². The quantitative estimate of drug-likeness (QED) is 0.326. The first-order valence-electron chi connectivity index (χ1n) is 12.8. The second-order valence-electron chi connectivity index (χ2n) is 10.1. The van der Waals surface area contributed by atoms with Crippen LogP contribution in [0.25, 0.3) is 0 Å². The molecule has 0 aliphatic heterocycles. The maximum atomic E-state index is 13.9. The van der Waals surface area contributed by atoms with E-state index in [0.29, 0.717) is 5.69 Å². The van der Waals surface area contributed by atoms with Crippen molar-refractivity contribution in [3.05, 3.63) is 93.5 Å². The molecular weight excluding hydrogens is 578 g/mol. The number of sulfonamides is 1. The van der Waals surface area contributed by atoms with Crippen molar-refractivity contribution in [2.45, 2.75) is 65.1 Å². The van der Waals surface area contributed by atoms with Crippen molar-refractivity contribution >= 4 is 43.5 Å². The van der Waals surface area contributed by atoms with Crippen LogP contribution in [0.5, 0.6) is 0 Å². The Labute approximate surface area is 240 Å². The van der Waals surface area contributed by atoms with E-state index >= 15 is 0 Å². The molecule has 0 unspecified atom stereocenters. The van der Waals surface area contributed by atoms with Crippen LogP contribution >= 0.6 is 15.9 Å². The summed E-state index contributed by atoms with van der Waals surface area (Å²) in [7, 11) is -4.09. The van der Waals surface area contributed by atoms with Gasteiger partial charge in [0.1, 0.15) is 12.6 Å². The summed E-state index contributed by atoms with van der Waals surface area (Å²) < 4.78 is 29.9. The second kappa shape index (κ2) is 12.8. The van der Waals surface area contributed by atoms with Gasteiger partial charge in [-0.2, -0.15) is 0 Å². The van der Waals surface area contributed by atoms with Gasteiger partial charge in [0.2, 0.25) is 11.8 Å². The molecule has 0 aliphatic rings. The van der Waals surface area contributed by atoms with Gasteiger partial charge >= 0.3 is 0 Å². The van der Waals surface area contributed by atoms with Gasteiger partial charge in [0.25, 0.3) is 10.0 Å². The fourth-order valence-electron chi connectivity index (χ4n) is 4.02. The van der Waals surface area contributed by atoms with Crippen molar-refractivity contribution < 1.29 is 18.0 Å². The fraction of sp³-hybridized carbons (Fsp3) is 0.333. The monoisotopic (exact) mass is 613 g/mol. The summed E-state index contributed by atoms with van der Waals surface area (Å²) in [5.74, 6) is -0.798. The number of hydrogen-bond donors (Lipinski definition) is 1. The molecule has 0 heterocycles. The Morgan fingerprint density at radius 1 is 0.872 bits per heavy atom. The van der Waals surface area contributed by atoms with E-state index in [-0.39, 0.29) is 23.4 Å². The Bertz CT molecular complexity index is 1420. The van der Waals surface area contributed by atoms with Gasteiger partial charge in [-0.1, -0.05) is 51.8 Å². The summed E-state index contributed by atoms with van der Waals surface area (Å²) in [6.07, 6.45) is 0. The predicted octanol–water partition coefficient (Wildman–Crippen LogP) is 5.51. The Morgan fingerprint density at radius 3 is 2.05 bits per heavy atom. The van der Waals surface area contributed by atoms with E-state index in [9.17, 15) is 18.0 Å². The molecule has 0 saturated heterocycles. The molecule has 0 bridgehead atoms. The van der Waals surface area contributed by atoms with Gasteiger partial charge < -0.3 is 10.2 Å². The minimum absolute atomic E-state index is 0.0872. The first kappa shape index (κ1) is 30.4. The molecule has 3 rings (SSSR count). The Morgan fingerprint density at radius 2 is 1.49 bits per heavy atom. The third kappa shape index (κ3) is 7.70. The molecule has 0 aromatic heterocycles. The zero-order valence-corrected chi connectivity index (χ0v) is 25.6. The molecule has 7 nitrogen and oxygen atoms in total. The minimum atomic E-state index is -4.09. The first-order chi connectivity index (χ1) is 18.3. The molecule has 1 atom stereocenters. The zero-order valence-electron chi connectivity index (χ0n) is 23.2. The van der Waals surface area contributed by atoms with Crippen LogP contribution in [-0.2, 0) is 26.2 Å². The molecule has 1 N–H and O–H groups in total. The number of halogens is 1. The lowest BCUT2D eigenvalue weighted by Gasteiger charge is -2.32. The van der Waals surface area contributed by atoms with Crippen molar-refractivity contribution in [3.8, 4) is 0 Å². The van der Waals surface area contributed by atoms with Crippen LogP contribution in [-0.4, -0.2) is 43.8 Å². The number of hydrogen-bond acceptors (Lipinski definition) is 4. The van der Waals surface area contributed by atoms with E-state index in [1.165, 1.54) is 4.90 Å². The van der Waals surface area contributed by atoms with E-state index in [0.717, 1.165) is 31.0 Å². The Hall–Kier alpha value is -3.17. The average molecular weight is 615 g/mol. The van der Waals surface area contributed by atoms with Gasteiger partial charge in [0.15, 0.2) is 0 Å². The van der Waals surface area contributed by atoms with Crippen molar-refractivity contribution in [3.63, 3.8) is 0 Å². The van der Waals surface area contributed by atoms with E-state index in [1.807, 2.05) is 65.0 Å². The fourth-order valence-corrected chi connectivity index (χ4v) is 5.69. The van der Waals surface area contributed by atoms with Crippen LogP contribution in [0.3, 0.4) is 0 Å². The molecule has 0 radical (unpaired) electrons. The number of nitrogens with zero attached hydrogens (tertiary/aromatic N) is 2. The van der Waals surface area contributed by atoms with Crippen LogP contribution in [0, 0.1) is 20.8 Å². The molecule has 9 heteroatoms. The molecule has 0 aliphatic carbocycles. The molecule has 39 heavy (non-hydrogen) atoms. The predicted molar refractivity (Wildman–Crippen MR) is 159 cm³/mol. The average Bonchev–Trinajstić information content (AvgIpc) is 2.88. The van der Waals surface area contributed by atoms with Crippen molar-refractivity contribution in [2.75, 3.05) is 10.8 Å². The third-order valence-corrected chi connectivity index (χ3v) is 8.85. The van der Waals surface area contributed by atoms with Gasteiger partial charge in [-0.3, -0.25) is 13.9 Å². The van der Waals surface area contributed by atoms with Gasteiger partial charge in [-0.25, -0.2) is 8.42 Å². The lowest BCUT2D eigenvalue weighted by atomic mass is 10.1. The third-order valence-electron chi connectivity index (χ3n) is 6.53. The summed E-state index contributed by atoms with van der Waals surface area (Å²) in [5.41, 5.74) is 4.03. The molecule has 2 amide bonds. The van der Waals surface area contributed by atoms with Gasteiger partial charge in [-0.15, -0.1) is 0 Å². The van der Waals surface area contributed by atoms with Gasteiger partial charge in [0.05, 0.1) is 10.6 Å². The zero-order chi connectivity index (χ0) is 28.9. The molecule has 0 fully saturated rings. The number of carbonyl (C=O) groups excluding carboxylic acids is 2. The maximum absolute atomic E-state index is 13.9. The summed E-state index contributed by atoms with van der Waals surface area (Å²) in [5, 5.41) is 2.86. The number of aryl methyl sites for hydroxylation is 3. The maximum Gasteiger partial charge on any atom is 0.264 e. The van der Waals surface area contributed by atoms with Gasteiger partial charge in [-0.05, 0) is 94.6 Å². The molecule has 0 spiro atoms. The molecular formula is C30H36BrN3O4S. The van der Waals surface area contributed by atoms with Gasteiger partial charge in [0, 0.05) is 17.1 Å². The van der Waals surface area contributed by atoms with Crippen LogP contribution in [0.4, 0.5) is 5.69 Å². The Balaban J connectivity index is 2.05. The first-order valence-corrected chi connectivity index (χ1v) is 15.0. The highest BCUT2D eigenvalue weighted by Crippen LogP contribution is 2.27. The number of anilines is 1. The highest BCUT2D eigenvalue weighted by Gasteiger charge is 2.32. The van der Waals surface area contributed by atoms with E-state index in [1.54, 1.807) is 43.3 Å². The standard InChI is InChI=1S/C30H36BrN3O4S/c1-20(2)32-30(36)24(6)33(18-25-10-12-26(31)13-11-25)29(35)19-34(27-14-9-22(4)23(5)17-27)39(37,38)28-15-7-21(3)8-16-28/h7-17,20,24H,18-19H2,1-6H3,(H,32,36)/t24-/m1/s1. The highest BCUT2D eigenvalue weighted by atomic mass is 79.9. The number of nitrogens with one attached hydrogen (secondary N) is 1. The minimum Gasteiger partial charge on any atom is -0.352 e. The molecule has 3 aromatic rings. The normalized spacial score (nSPS) is 12.2. The number of benzene rings is 3. The molecule has 208 valence electrons. The smallest absolute Gasteiger partial charge is 0.264 e. The molecule has 0 saturated carbocycles.